The van der Waals surface area contributed by atoms with Gasteiger partial charge in [0.1, 0.15) is 6.10 Å². The quantitative estimate of drug-likeness (QED) is 0.474. The molecular weight excluding hydrogens is 204 g/mol. The third-order valence-corrected chi connectivity index (χ3v) is 2.30. The number of carbonyl (C=O) groups is 2. The van der Waals surface area contributed by atoms with E-state index in [1.165, 1.54) is 14.2 Å². The first-order valence-electron chi connectivity index (χ1n) is 4.49. The van der Waals surface area contributed by atoms with Crippen molar-refractivity contribution in [2.24, 2.45) is 0 Å². The van der Waals surface area contributed by atoms with Crippen LogP contribution in [0.3, 0.4) is 0 Å². The molecule has 1 heterocycles. The first-order valence-corrected chi connectivity index (χ1v) is 4.49. The third kappa shape index (κ3) is 1.70. The molecule has 0 aliphatic carbocycles. The van der Waals surface area contributed by atoms with Gasteiger partial charge in [-0.1, -0.05) is 0 Å². The monoisotopic (exact) mass is 218 g/mol. The van der Waals surface area contributed by atoms with E-state index in [0.717, 1.165) is 0 Å². The van der Waals surface area contributed by atoms with Crippen molar-refractivity contribution in [3.8, 4) is 0 Å². The molecule has 6 heteroatoms. The van der Waals surface area contributed by atoms with Gasteiger partial charge in [0.15, 0.2) is 6.29 Å². The second kappa shape index (κ2) is 4.16. The van der Waals surface area contributed by atoms with Crippen LogP contribution in [-0.4, -0.2) is 44.2 Å². The van der Waals surface area contributed by atoms with Crippen LogP contribution in [0.1, 0.15) is 13.8 Å². The maximum atomic E-state index is 11.6. The molecule has 15 heavy (non-hydrogen) atoms. The van der Waals surface area contributed by atoms with Gasteiger partial charge in [0.25, 0.3) is 5.60 Å². The number of hydrogen-bond donors (Lipinski definition) is 0. The standard InChI is InChI=1S/C9H14O6/c1-5-9(7(10)12-3,8(11)13-4)15-6(2)14-5/h5-6H,1-4H3/t5-,6-/m1/s1. The van der Waals surface area contributed by atoms with Crippen LogP contribution in [0.2, 0.25) is 0 Å². The average Bonchev–Trinajstić information content (AvgIpc) is 2.52. The molecule has 0 radical (unpaired) electrons. The predicted molar refractivity (Wildman–Crippen MR) is 47.9 cm³/mol. The van der Waals surface area contributed by atoms with Crippen LogP contribution in [0.4, 0.5) is 0 Å². The van der Waals surface area contributed by atoms with Crippen LogP contribution in [0, 0.1) is 0 Å². The largest absolute Gasteiger partial charge is 0.466 e. The molecule has 0 spiro atoms. The number of esters is 2. The molecule has 2 atom stereocenters. The summed E-state index contributed by atoms with van der Waals surface area (Å²) in [5.41, 5.74) is -1.80. The highest BCUT2D eigenvalue weighted by Gasteiger charge is 2.60. The van der Waals surface area contributed by atoms with Gasteiger partial charge in [-0.2, -0.15) is 0 Å². The Kier molecular flexibility index (Phi) is 3.31. The van der Waals surface area contributed by atoms with Crippen LogP contribution in [0.15, 0.2) is 0 Å². The normalized spacial score (nSPS) is 28.5. The molecule has 1 fully saturated rings. The van der Waals surface area contributed by atoms with Crippen molar-refractivity contribution in [2.75, 3.05) is 14.2 Å². The smallest absolute Gasteiger partial charge is 0.352 e. The molecule has 0 amide bonds. The summed E-state index contributed by atoms with van der Waals surface area (Å²) in [5, 5.41) is 0. The summed E-state index contributed by atoms with van der Waals surface area (Å²) < 4.78 is 19.5. The first kappa shape index (κ1) is 11.9. The molecule has 0 aromatic carbocycles. The molecule has 0 bridgehead atoms. The van der Waals surface area contributed by atoms with Crippen LogP contribution in [0.5, 0.6) is 0 Å². The van der Waals surface area contributed by atoms with E-state index in [1.807, 2.05) is 0 Å². The highest BCUT2D eigenvalue weighted by atomic mass is 16.8. The van der Waals surface area contributed by atoms with Crippen molar-refractivity contribution in [1.29, 1.82) is 0 Å². The van der Waals surface area contributed by atoms with E-state index < -0.39 is 29.9 Å². The molecule has 0 unspecified atom stereocenters. The van der Waals surface area contributed by atoms with Gasteiger partial charge in [0, 0.05) is 0 Å². The minimum Gasteiger partial charge on any atom is -0.466 e. The molecule has 1 rings (SSSR count). The summed E-state index contributed by atoms with van der Waals surface area (Å²) in [6.45, 7) is 3.14. The van der Waals surface area contributed by atoms with Crippen LogP contribution >= 0.6 is 0 Å². The summed E-state index contributed by atoms with van der Waals surface area (Å²) in [4.78, 5) is 23.1. The Balaban J connectivity index is 3.07. The third-order valence-electron chi connectivity index (χ3n) is 2.30. The van der Waals surface area contributed by atoms with Crippen molar-refractivity contribution < 1.29 is 28.5 Å². The van der Waals surface area contributed by atoms with Gasteiger partial charge in [-0.25, -0.2) is 9.59 Å². The summed E-state index contributed by atoms with van der Waals surface area (Å²) >= 11 is 0. The molecule has 1 aliphatic rings. The van der Waals surface area contributed by atoms with Crippen molar-refractivity contribution in [1.82, 2.24) is 0 Å². The van der Waals surface area contributed by atoms with Gasteiger partial charge in [-0.15, -0.1) is 0 Å². The SMILES string of the molecule is COC(=O)C1(C(=O)OC)O[C@H](C)O[C@@H]1C. The van der Waals surface area contributed by atoms with Gasteiger partial charge >= 0.3 is 11.9 Å². The zero-order valence-corrected chi connectivity index (χ0v) is 9.10. The van der Waals surface area contributed by atoms with E-state index in [1.54, 1.807) is 13.8 Å². The lowest BCUT2D eigenvalue weighted by molar-refractivity contribution is -0.186. The van der Waals surface area contributed by atoms with E-state index in [4.69, 9.17) is 9.47 Å². The minimum absolute atomic E-state index is 0.654. The fourth-order valence-electron chi connectivity index (χ4n) is 1.58. The van der Waals surface area contributed by atoms with Gasteiger partial charge in [0.05, 0.1) is 14.2 Å². The Morgan fingerprint density at radius 2 is 1.60 bits per heavy atom. The van der Waals surface area contributed by atoms with E-state index in [-0.39, 0.29) is 0 Å². The van der Waals surface area contributed by atoms with Crippen LogP contribution in [0.25, 0.3) is 0 Å². The Morgan fingerprint density at radius 3 is 1.87 bits per heavy atom. The molecule has 1 saturated heterocycles. The lowest BCUT2D eigenvalue weighted by Crippen LogP contribution is -2.54. The zero-order valence-electron chi connectivity index (χ0n) is 9.10. The second-order valence-electron chi connectivity index (χ2n) is 3.18. The van der Waals surface area contributed by atoms with Crippen molar-refractivity contribution >= 4 is 11.9 Å². The minimum atomic E-state index is -1.80. The first-order chi connectivity index (χ1) is 6.98. The average molecular weight is 218 g/mol. The fourth-order valence-corrected chi connectivity index (χ4v) is 1.58. The summed E-state index contributed by atoms with van der Waals surface area (Å²) in [5.74, 6) is -1.63. The van der Waals surface area contributed by atoms with Crippen LogP contribution < -0.4 is 0 Å². The highest BCUT2D eigenvalue weighted by molar-refractivity contribution is 6.04. The predicted octanol–water partition coefficient (Wildman–Crippen LogP) is -0.148. The lowest BCUT2D eigenvalue weighted by Gasteiger charge is -2.24. The Labute approximate surface area is 87.4 Å². The number of rotatable bonds is 2. The summed E-state index contributed by atoms with van der Waals surface area (Å²) in [6, 6.07) is 0. The number of ether oxygens (including phenoxy) is 4. The lowest BCUT2D eigenvalue weighted by atomic mass is 9.98. The van der Waals surface area contributed by atoms with Crippen LogP contribution in [-0.2, 0) is 28.5 Å². The molecule has 0 saturated carbocycles. The Bertz CT molecular complexity index is 258. The zero-order chi connectivity index (χ0) is 11.6. The highest BCUT2D eigenvalue weighted by Crippen LogP contribution is 2.32. The Morgan fingerprint density at radius 1 is 1.13 bits per heavy atom. The molecule has 86 valence electrons. The van der Waals surface area contributed by atoms with E-state index >= 15 is 0 Å². The van der Waals surface area contributed by atoms with E-state index in [0.29, 0.717) is 0 Å². The van der Waals surface area contributed by atoms with E-state index in [2.05, 4.69) is 9.47 Å². The summed E-state index contributed by atoms with van der Waals surface area (Å²) in [6.07, 6.45) is -1.40. The molecule has 6 nitrogen and oxygen atoms in total. The summed E-state index contributed by atoms with van der Waals surface area (Å²) in [7, 11) is 2.35. The molecule has 0 aromatic heterocycles. The van der Waals surface area contributed by atoms with Crippen molar-refractivity contribution in [3.63, 3.8) is 0 Å². The topological polar surface area (TPSA) is 71.1 Å². The molecule has 1 aliphatic heterocycles. The van der Waals surface area contributed by atoms with Gasteiger partial charge in [0.2, 0.25) is 0 Å². The van der Waals surface area contributed by atoms with Crippen molar-refractivity contribution in [2.45, 2.75) is 31.8 Å². The second-order valence-corrected chi connectivity index (χ2v) is 3.18. The van der Waals surface area contributed by atoms with Crippen molar-refractivity contribution in [3.05, 3.63) is 0 Å². The number of methoxy groups -OCH3 is 2. The molecular formula is C9H14O6. The maximum Gasteiger partial charge on any atom is 0.352 e. The van der Waals surface area contributed by atoms with E-state index in [9.17, 15) is 9.59 Å². The Hall–Kier alpha value is -1.14. The molecule has 0 aromatic rings. The van der Waals surface area contributed by atoms with Gasteiger partial charge < -0.3 is 18.9 Å². The fraction of sp³-hybridized carbons (Fsp3) is 0.778. The van der Waals surface area contributed by atoms with Gasteiger partial charge in [-0.3, -0.25) is 0 Å². The molecule has 0 N–H and O–H groups in total. The number of carbonyl (C=O) groups excluding carboxylic acids is 2. The van der Waals surface area contributed by atoms with Gasteiger partial charge in [-0.05, 0) is 13.8 Å². The number of hydrogen-bond acceptors (Lipinski definition) is 6. The maximum absolute atomic E-state index is 11.6.